The number of ether oxygens (including phenoxy) is 5. The highest BCUT2D eigenvalue weighted by Crippen LogP contribution is 2.56. The van der Waals surface area contributed by atoms with E-state index in [4.69, 9.17) is 23.7 Å². The van der Waals surface area contributed by atoms with Gasteiger partial charge in [-0.05, 0) is 88.3 Å². The summed E-state index contributed by atoms with van der Waals surface area (Å²) in [5.41, 5.74) is 0.112. The van der Waals surface area contributed by atoms with Crippen molar-refractivity contribution < 1.29 is 33.3 Å². The molecule has 4 atom stereocenters. The van der Waals surface area contributed by atoms with E-state index in [9.17, 15) is 9.59 Å². The number of hydrogen-bond donors (Lipinski definition) is 0. The van der Waals surface area contributed by atoms with Gasteiger partial charge in [-0.15, -0.1) is 0 Å². The fourth-order valence-electron chi connectivity index (χ4n) is 7.63. The summed E-state index contributed by atoms with van der Waals surface area (Å²) in [5, 5.41) is 0.0724. The van der Waals surface area contributed by atoms with Crippen molar-refractivity contribution in [2.45, 2.75) is 107 Å². The number of carbonyl (C=O) groups excluding carboxylic acids is 2. The predicted molar refractivity (Wildman–Crippen MR) is 152 cm³/mol. The second-order valence-corrected chi connectivity index (χ2v) is 14.3. The zero-order valence-electron chi connectivity index (χ0n) is 24.2. The molecule has 6 rings (SSSR count). The lowest BCUT2D eigenvalue weighted by molar-refractivity contribution is -0.213. The van der Waals surface area contributed by atoms with Crippen LogP contribution in [0.1, 0.15) is 83.3 Å². The van der Waals surface area contributed by atoms with Gasteiger partial charge < -0.3 is 23.7 Å². The molecule has 9 heteroatoms. The number of thioether (sulfide) groups is 1. The monoisotopic (exact) mass is 571 g/mol. The van der Waals surface area contributed by atoms with Crippen molar-refractivity contribution in [3.8, 4) is 11.5 Å². The zero-order valence-corrected chi connectivity index (χ0v) is 25.1. The van der Waals surface area contributed by atoms with E-state index < -0.39 is 23.3 Å². The molecule has 0 N–H and O–H groups in total. The van der Waals surface area contributed by atoms with Crippen LogP contribution >= 0.6 is 11.8 Å². The summed E-state index contributed by atoms with van der Waals surface area (Å²) in [5.74, 6) is 1.50. The Morgan fingerprint density at radius 3 is 2.60 bits per heavy atom. The van der Waals surface area contributed by atoms with Crippen LogP contribution in [0.2, 0.25) is 0 Å². The van der Waals surface area contributed by atoms with E-state index in [1.807, 2.05) is 27.7 Å². The third-order valence-corrected chi connectivity index (χ3v) is 10.1. The first-order chi connectivity index (χ1) is 19.1. The van der Waals surface area contributed by atoms with Gasteiger partial charge in [-0.3, -0.25) is 9.69 Å². The molecule has 8 nitrogen and oxygen atoms in total. The topological polar surface area (TPSA) is 83.5 Å². The summed E-state index contributed by atoms with van der Waals surface area (Å²) in [4.78, 5) is 30.0. The average molecular weight is 572 g/mol. The van der Waals surface area contributed by atoms with Gasteiger partial charge in [0.15, 0.2) is 28.3 Å². The van der Waals surface area contributed by atoms with Crippen molar-refractivity contribution in [3.05, 3.63) is 35.1 Å². The Labute approximate surface area is 241 Å². The minimum Gasteiger partial charge on any atom is -0.497 e. The number of benzene rings is 1. The molecule has 5 aliphatic rings. The van der Waals surface area contributed by atoms with E-state index >= 15 is 0 Å². The predicted octanol–water partition coefficient (Wildman–Crippen LogP) is 5.12. The third kappa shape index (κ3) is 4.71. The van der Waals surface area contributed by atoms with Crippen molar-refractivity contribution in [1.29, 1.82) is 0 Å². The maximum Gasteiger partial charge on any atom is 0.339 e. The number of esters is 1. The Bertz CT molecular complexity index is 1230. The number of carbonyl (C=O) groups is 2. The lowest BCUT2D eigenvalue weighted by Gasteiger charge is -2.44. The maximum absolute atomic E-state index is 14.3. The van der Waals surface area contributed by atoms with Gasteiger partial charge in [-0.2, -0.15) is 0 Å². The Balaban J connectivity index is 1.39. The van der Waals surface area contributed by atoms with Crippen molar-refractivity contribution in [3.63, 3.8) is 0 Å². The Morgan fingerprint density at radius 1 is 1.10 bits per heavy atom. The van der Waals surface area contributed by atoms with Crippen LogP contribution in [0.3, 0.4) is 0 Å². The normalized spacial score (nSPS) is 32.1. The molecule has 2 saturated heterocycles. The Morgan fingerprint density at radius 2 is 1.88 bits per heavy atom. The van der Waals surface area contributed by atoms with Crippen LogP contribution in [0.4, 0.5) is 0 Å². The minimum atomic E-state index is -1.33. The lowest BCUT2D eigenvalue weighted by atomic mass is 9.77. The first-order valence-electron chi connectivity index (χ1n) is 14.6. The molecular weight excluding hydrogens is 530 g/mol. The molecule has 4 heterocycles. The number of methoxy groups -OCH3 is 1. The SMILES string of the molecule is COC1=C[C@@]23CCCN2CCc2cc4c(cc2[C@@H]3C1OC(=O)[C@@]1(CC(=O)SC(C)C)CCCC(C)(C)O1)OCO4. The van der Waals surface area contributed by atoms with E-state index in [0.29, 0.717) is 12.2 Å². The van der Waals surface area contributed by atoms with Crippen LogP contribution in [0.5, 0.6) is 11.5 Å². The highest BCUT2D eigenvalue weighted by Gasteiger charge is 2.59. The molecule has 0 aromatic heterocycles. The van der Waals surface area contributed by atoms with E-state index in [2.05, 4.69) is 23.1 Å². The zero-order chi connectivity index (χ0) is 28.3. The second kappa shape index (κ2) is 10.2. The molecule has 218 valence electrons. The van der Waals surface area contributed by atoms with Gasteiger partial charge in [-0.25, -0.2) is 4.79 Å². The van der Waals surface area contributed by atoms with E-state index in [1.54, 1.807) is 7.11 Å². The third-order valence-electron chi connectivity index (χ3n) is 9.20. The van der Waals surface area contributed by atoms with E-state index in [1.165, 1.54) is 17.3 Å². The molecule has 1 aliphatic carbocycles. The molecule has 0 saturated carbocycles. The second-order valence-electron chi connectivity index (χ2n) is 12.7. The lowest BCUT2D eigenvalue weighted by Crippen LogP contribution is -2.54. The number of nitrogens with zero attached hydrogens (tertiary/aromatic N) is 1. The molecule has 1 spiro atoms. The molecule has 1 aromatic carbocycles. The smallest absolute Gasteiger partial charge is 0.339 e. The summed E-state index contributed by atoms with van der Waals surface area (Å²) in [6.45, 7) is 10.0. The molecule has 40 heavy (non-hydrogen) atoms. The number of hydrogen-bond acceptors (Lipinski definition) is 9. The Kier molecular flexibility index (Phi) is 7.15. The van der Waals surface area contributed by atoms with Gasteiger partial charge in [0, 0.05) is 11.8 Å². The van der Waals surface area contributed by atoms with Crippen molar-refractivity contribution in [1.82, 2.24) is 4.90 Å². The van der Waals surface area contributed by atoms with E-state index in [-0.39, 0.29) is 35.0 Å². The molecule has 1 unspecified atom stereocenters. The van der Waals surface area contributed by atoms with Crippen molar-refractivity contribution in [2.75, 3.05) is 27.0 Å². The van der Waals surface area contributed by atoms with Gasteiger partial charge in [-0.1, -0.05) is 25.6 Å². The van der Waals surface area contributed by atoms with Crippen LogP contribution in [-0.4, -0.2) is 71.1 Å². The molecule has 0 radical (unpaired) electrons. The van der Waals surface area contributed by atoms with Gasteiger partial charge >= 0.3 is 5.97 Å². The highest BCUT2D eigenvalue weighted by atomic mass is 32.2. The van der Waals surface area contributed by atoms with Crippen molar-refractivity contribution >= 4 is 22.8 Å². The first kappa shape index (κ1) is 27.9. The van der Waals surface area contributed by atoms with Gasteiger partial charge in [0.1, 0.15) is 5.76 Å². The van der Waals surface area contributed by atoms with Crippen LogP contribution in [0.15, 0.2) is 24.0 Å². The maximum atomic E-state index is 14.3. The summed E-state index contributed by atoms with van der Waals surface area (Å²) in [7, 11) is 1.65. The minimum absolute atomic E-state index is 0.00588. The quantitative estimate of drug-likeness (QED) is 0.432. The summed E-state index contributed by atoms with van der Waals surface area (Å²) in [6, 6.07) is 4.17. The van der Waals surface area contributed by atoms with E-state index in [0.717, 1.165) is 62.3 Å². The first-order valence-corrected chi connectivity index (χ1v) is 15.5. The molecule has 1 aromatic rings. The molecule has 4 aliphatic heterocycles. The fraction of sp³-hybridized carbons (Fsp3) is 0.677. The molecule has 0 amide bonds. The highest BCUT2D eigenvalue weighted by molar-refractivity contribution is 8.14. The Hall–Kier alpha value is -2.23. The average Bonchev–Trinajstić information content (AvgIpc) is 3.56. The summed E-state index contributed by atoms with van der Waals surface area (Å²) < 4.78 is 30.5. The van der Waals surface area contributed by atoms with Gasteiger partial charge in [0.25, 0.3) is 0 Å². The van der Waals surface area contributed by atoms with Crippen LogP contribution in [0.25, 0.3) is 0 Å². The number of rotatable bonds is 6. The summed E-state index contributed by atoms with van der Waals surface area (Å²) >= 11 is 1.25. The van der Waals surface area contributed by atoms with Crippen LogP contribution in [-0.2, 0) is 30.2 Å². The number of fused-ring (bicyclic) bond motifs is 3. The van der Waals surface area contributed by atoms with Gasteiger partial charge in [0.2, 0.25) is 6.79 Å². The van der Waals surface area contributed by atoms with Crippen LogP contribution in [0, 0.1) is 0 Å². The molecule has 0 bridgehead atoms. The molecular formula is C31H41NO7S. The van der Waals surface area contributed by atoms with Crippen molar-refractivity contribution in [2.24, 2.45) is 0 Å². The van der Waals surface area contributed by atoms with Crippen LogP contribution < -0.4 is 9.47 Å². The fourth-order valence-corrected chi connectivity index (χ4v) is 8.47. The summed E-state index contributed by atoms with van der Waals surface area (Å²) in [6.07, 6.45) is 6.49. The largest absolute Gasteiger partial charge is 0.497 e. The molecule has 2 fully saturated rings. The van der Waals surface area contributed by atoms with Gasteiger partial charge in [0.05, 0.1) is 30.6 Å². The standard InChI is InChI=1S/C31H41NO7S/c1-19(2)40-25(33)17-31(11-6-9-29(3,4)39-31)28(34)38-27-24(35-5)16-30-10-7-12-32(30)13-8-20-14-22-23(37-18-36-22)15-21(20)26(27)30/h14-16,19,26-27H,6-13,17-18H2,1-5H3/t26-,27?,30-,31+/m1/s1.